The van der Waals surface area contributed by atoms with E-state index in [4.69, 9.17) is 4.74 Å². The number of sulfonamides is 1. The summed E-state index contributed by atoms with van der Waals surface area (Å²) in [5, 5.41) is 0. The molecule has 0 N–H and O–H groups in total. The Labute approximate surface area is 177 Å². The van der Waals surface area contributed by atoms with Gasteiger partial charge < -0.3 is 9.64 Å². The minimum atomic E-state index is -3.49. The molecular weight excluding hydrogens is 402 g/mol. The molecule has 8 heteroatoms. The predicted molar refractivity (Wildman–Crippen MR) is 112 cm³/mol. The van der Waals surface area contributed by atoms with Crippen LogP contribution >= 0.6 is 0 Å². The van der Waals surface area contributed by atoms with Gasteiger partial charge in [0.15, 0.2) is 0 Å². The number of benzene rings is 1. The third-order valence-corrected chi connectivity index (χ3v) is 7.74. The number of likely N-dealkylation sites (tertiary alicyclic amines) is 1. The van der Waals surface area contributed by atoms with Crippen LogP contribution in [-0.2, 0) is 26.0 Å². The second-order valence-corrected chi connectivity index (χ2v) is 9.62. The fourth-order valence-electron chi connectivity index (χ4n) is 4.16. The highest BCUT2D eigenvalue weighted by Gasteiger charge is 2.29. The highest BCUT2D eigenvalue weighted by Crippen LogP contribution is 2.32. The fraction of sp³-hybridized carbons (Fsp3) is 0.455. The Balaban J connectivity index is 1.36. The lowest BCUT2D eigenvalue weighted by atomic mass is 10.1. The summed E-state index contributed by atoms with van der Waals surface area (Å²) in [6.07, 6.45) is 6.52. The van der Waals surface area contributed by atoms with Crippen molar-refractivity contribution in [3.05, 3.63) is 59.9 Å². The van der Waals surface area contributed by atoms with E-state index in [1.54, 1.807) is 24.5 Å². The summed E-state index contributed by atoms with van der Waals surface area (Å²) < 4.78 is 32.1. The van der Waals surface area contributed by atoms with Crippen molar-refractivity contribution in [2.45, 2.75) is 36.6 Å². The summed E-state index contributed by atoms with van der Waals surface area (Å²) in [6.45, 7) is 2.40. The maximum absolute atomic E-state index is 12.8. The molecule has 2 aromatic rings. The van der Waals surface area contributed by atoms with Gasteiger partial charge in [0, 0.05) is 38.4 Å². The van der Waals surface area contributed by atoms with Gasteiger partial charge in [0.1, 0.15) is 0 Å². The normalized spacial score (nSPS) is 20.4. The molecule has 0 saturated carbocycles. The molecule has 1 aromatic carbocycles. The predicted octanol–water partition coefficient (Wildman–Crippen LogP) is 2.40. The number of aromatic nitrogens is 1. The number of aryl methyl sites for hydroxylation is 1. The lowest BCUT2D eigenvalue weighted by molar-refractivity contribution is -0.132. The van der Waals surface area contributed by atoms with Crippen molar-refractivity contribution in [2.24, 2.45) is 0 Å². The van der Waals surface area contributed by atoms with Crippen molar-refractivity contribution in [1.29, 1.82) is 0 Å². The van der Waals surface area contributed by atoms with Gasteiger partial charge >= 0.3 is 0 Å². The molecule has 4 rings (SSSR count). The SMILES string of the molecule is O=C(CCc1ccc(S(=O)(=O)N2CCOCC2)cc1)N1CCCC1c1ccncc1. The van der Waals surface area contributed by atoms with E-state index in [2.05, 4.69) is 4.98 Å². The number of morpholine rings is 1. The molecular formula is C22H27N3O4S. The summed E-state index contributed by atoms with van der Waals surface area (Å²) >= 11 is 0. The number of hydrogen-bond acceptors (Lipinski definition) is 5. The highest BCUT2D eigenvalue weighted by molar-refractivity contribution is 7.89. The first-order valence-corrected chi connectivity index (χ1v) is 11.9. The number of rotatable bonds is 6. The van der Waals surface area contributed by atoms with Gasteiger partial charge in [-0.05, 0) is 54.7 Å². The largest absolute Gasteiger partial charge is 0.379 e. The van der Waals surface area contributed by atoms with E-state index in [-0.39, 0.29) is 16.8 Å². The minimum Gasteiger partial charge on any atom is -0.379 e. The first kappa shape index (κ1) is 21.0. The molecule has 160 valence electrons. The van der Waals surface area contributed by atoms with E-state index in [1.165, 1.54) is 4.31 Å². The van der Waals surface area contributed by atoms with Crippen molar-refractivity contribution in [2.75, 3.05) is 32.8 Å². The van der Waals surface area contributed by atoms with Crippen LogP contribution < -0.4 is 0 Å². The van der Waals surface area contributed by atoms with Gasteiger partial charge in [0.2, 0.25) is 15.9 Å². The van der Waals surface area contributed by atoms with E-state index >= 15 is 0 Å². The summed E-state index contributed by atoms with van der Waals surface area (Å²) in [5.74, 6) is 0.138. The molecule has 2 saturated heterocycles. The number of amides is 1. The Morgan fingerprint density at radius 1 is 1.03 bits per heavy atom. The van der Waals surface area contributed by atoms with Crippen LogP contribution in [0.4, 0.5) is 0 Å². The number of nitrogens with zero attached hydrogens (tertiary/aromatic N) is 3. The van der Waals surface area contributed by atoms with Crippen molar-refractivity contribution >= 4 is 15.9 Å². The van der Waals surface area contributed by atoms with E-state index in [1.807, 2.05) is 29.2 Å². The molecule has 0 radical (unpaired) electrons. The molecule has 7 nitrogen and oxygen atoms in total. The fourth-order valence-corrected chi connectivity index (χ4v) is 5.56. The average molecular weight is 430 g/mol. The Hall–Kier alpha value is -2.29. The van der Waals surface area contributed by atoms with Crippen LogP contribution in [0.15, 0.2) is 53.7 Å². The zero-order chi connectivity index (χ0) is 21.0. The van der Waals surface area contributed by atoms with Crippen LogP contribution in [-0.4, -0.2) is 61.4 Å². The summed E-state index contributed by atoms with van der Waals surface area (Å²) in [5.41, 5.74) is 2.09. The Bertz CT molecular complexity index is 958. The van der Waals surface area contributed by atoms with E-state index in [0.29, 0.717) is 39.1 Å². The molecule has 2 fully saturated rings. The van der Waals surface area contributed by atoms with Gasteiger partial charge in [-0.2, -0.15) is 4.31 Å². The van der Waals surface area contributed by atoms with E-state index < -0.39 is 10.0 Å². The van der Waals surface area contributed by atoms with Crippen LogP contribution in [0.1, 0.15) is 36.4 Å². The first-order valence-electron chi connectivity index (χ1n) is 10.4. The van der Waals surface area contributed by atoms with Gasteiger partial charge in [0.05, 0.1) is 24.2 Å². The number of hydrogen-bond donors (Lipinski definition) is 0. The molecule has 0 spiro atoms. The standard InChI is InChI=1S/C22H27N3O4S/c26-22(25-13-1-2-21(25)19-9-11-23-12-10-19)8-5-18-3-6-20(7-4-18)30(27,28)24-14-16-29-17-15-24/h3-4,6-7,9-12,21H,1-2,5,8,13-17H2. The number of ether oxygens (including phenoxy) is 1. The topological polar surface area (TPSA) is 79.8 Å². The minimum absolute atomic E-state index is 0.126. The Kier molecular flexibility index (Phi) is 6.46. The molecule has 1 atom stereocenters. The maximum atomic E-state index is 12.8. The molecule has 1 amide bonds. The van der Waals surface area contributed by atoms with Crippen LogP contribution in [0, 0.1) is 0 Å². The summed E-state index contributed by atoms with van der Waals surface area (Å²) in [4.78, 5) is 19.1. The molecule has 30 heavy (non-hydrogen) atoms. The van der Waals surface area contributed by atoms with Crippen LogP contribution in [0.5, 0.6) is 0 Å². The summed E-state index contributed by atoms with van der Waals surface area (Å²) in [7, 11) is -3.49. The molecule has 1 aromatic heterocycles. The van der Waals surface area contributed by atoms with Gasteiger partial charge in [-0.25, -0.2) is 8.42 Å². The van der Waals surface area contributed by atoms with Crippen molar-refractivity contribution in [1.82, 2.24) is 14.2 Å². The molecule has 2 aliphatic rings. The molecule has 0 aliphatic carbocycles. The number of pyridine rings is 1. The zero-order valence-electron chi connectivity index (χ0n) is 16.9. The Morgan fingerprint density at radius 2 is 1.73 bits per heavy atom. The zero-order valence-corrected chi connectivity index (χ0v) is 17.8. The van der Waals surface area contributed by atoms with Gasteiger partial charge in [-0.3, -0.25) is 9.78 Å². The second kappa shape index (κ2) is 9.24. The van der Waals surface area contributed by atoms with Crippen LogP contribution in [0.25, 0.3) is 0 Å². The smallest absolute Gasteiger partial charge is 0.243 e. The van der Waals surface area contributed by atoms with Crippen LogP contribution in [0.2, 0.25) is 0 Å². The second-order valence-electron chi connectivity index (χ2n) is 7.69. The van der Waals surface area contributed by atoms with Gasteiger partial charge in [0.25, 0.3) is 0 Å². The molecule has 0 bridgehead atoms. The quantitative estimate of drug-likeness (QED) is 0.705. The third kappa shape index (κ3) is 4.55. The highest BCUT2D eigenvalue weighted by atomic mass is 32.2. The number of carbonyl (C=O) groups is 1. The van der Waals surface area contributed by atoms with E-state index in [0.717, 1.165) is 30.5 Å². The lowest BCUT2D eigenvalue weighted by Gasteiger charge is -2.26. The van der Waals surface area contributed by atoms with E-state index in [9.17, 15) is 13.2 Å². The molecule has 2 aliphatic heterocycles. The lowest BCUT2D eigenvalue weighted by Crippen LogP contribution is -2.40. The van der Waals surface area contributed by atoms with Gasteiger partial charge in [-0.1, -0.05) is 12.1 Å². The van der Waals surface area contributed by atoms with Gasteiger partial charge in [-0.15, -0.1) is 0 Å². The molecule has 1 unspecified atom stereocenters. The van der Waals surface area contributed by atoms with Crippen molar-refractivity contribution < 1.29 is 17.9 Å². The van der Waals surface area contributed by atoms with Crippen molar-refractivity contribution in [3.63, 3.8) is 0 Å². The van der Waals surface area contributed by atoms with Crippen molar-refractivity contribution in [3.8, 4) is 0 Å². The third-order valence-electron chi connectivity index (χ3n) is 5.82. The maximum Gasteiger partial charge on any atom is 0.243 e. The number of carbonyl (C=O) groups excluding carboxylic acids is 1. The molecule has 3 heterocycles. The Morgan fingerprint density at radius 3 is 2.43 bits per heavy atom. The monoisotopic (exact) mass is 429 g/mol. The van der Waals surface area contributed by atoms with Crippen LogP contribution in [0.3, 0.4) is 0 Å². The summed E-state index contributed by atoms with van der Waals surface area (Å²) in [6, 6.07) is 11.0. The first-order chi connectivity index (χ1) is 14.6. The average Bonchev–Trinajstić information content (AvgIpc) is 3.29.